The molecule has 132 valence electrons. The van der Waals surface area contributed by atoms with Crippen LogP contribution in [0.2, 0.25) is 6.32 Å². The summed E-state index contributed by atoms with van der Waals surface area (Å²) in [5.74, 6) is 0.172. The molecule has 0 bridgehead atoms. The normalized spacial score (nSPS) is 21.8. The van der Waals surface area contributed by atoms with Crippen molar-refractivity contribution in [3.63, 3.8) is 0 Å². The molecule has 0 amide bonds. The number of thioether (sulfide) groups is 1. The van der Waals surface area contributed by atoms with Gasteiger partial charge in [0.25, 0.3) is 0 Å². The first-order valence-electron chi connectivity index (χ1n) is 8.18. The minimum absolute atomic E-state index is 0.0145. The maximum atomic E-state index is 11.6. The lowest BCUT2D eigenvalue weighted by molar-refractivity contribution is -0.120. The third-order valence-electron chi connectivity index (χ3n) is 4.59. The Morgan fingerprint density at radius 1 is 1.26 bits per heavy atom. The molecule has 23 heavy (non-hydrogen) atoms. The number of ketones is 1. The summed E-state index contributed by atoms with van der Waals surface area (Å²) in [6.07, 6.45) is 1.42. The van der Waals surface area contributed by atoms with Crippen molar-refractivity contribution in [2.75, 3.05) is 6.61 Å². The zero-order valence-corrected chi connectivity index (χ0v) is 16.9. The predicted molar refractivity (Wildman–Crippen MR) is 101 cm³/mol. The Bertz CT molecular complexity index is 424. The molecule has 1 fully saturated rings. The summed E-state index contributed by atoms with van der Waals surface area (Å²) in [4.78, 5) is 11.6. The van der Waals surface area contributed by atoms with Crippen molar-refractivity contribution < 1.29 is 18.8 Å². The van der Waals surface area contributed by atoms with Gasteiger partial charge in [0.15, 0.2) is 0 Å². The highest BCUT2D eigenvalue weighted by Gasteiger charge is 2.51. The summed E-state index contributed by atoms with van der Waals surface area (Å²) >= 11 is 6.75. The summed E-state index contributed by atoms with van der Waals surface area (Å²) in [7, 11) is -0.291. The molecule has 1 aliphatic heterocycles. The molecule has 1 aliphatic rings. The van der Waals surface area contributed by atoms with Gasteiger partial charge in [-0.3, -0.25) is 4.79 Å². The monoisotopic (exact) mass is 360 g/mol. The summed E-state index contributed by atoms with van der Waals surface area (Å²) in [6.45, 7) is 14.2. The van der Waals surface area contributed by atoms with E-state index in [-0.39, 0.29) is 35.3 Å². The molecule has 0 aromatic carbocycles. The van der Waals surface area contributed by atoms with E-state index in [1.807, 2.05) is 41.5 Å². The summed E-state index contributed by atoms with van der Waals surface area (Å²) < 4.78 is 18.1. The van der Waals surface area contributed by atoms with Crippen LogP contribution in [0.5, 0.6) is 0 Å². The fraction of sp³-hybridized carbons (Fsp3) is 0.875. The molecule has 1 rings (SSSR count). The van der Waals surface area contributed by atoms with Crippen LogP contribution in [-0.4, -0.2) is 40.3 Å². The molecule has 1 heterocycles. The molecular weight excluding hydrogens is 331 g/mol. The van der Waals surface area contributed by atoms with E-state index in [0.29, 0.717) is 17.3 Å². The molecule has 2 unspecified atom stereocenters. The summed E-state index contributed by atoms with van der Waals surface area (Å²) in [5, 5.41) is 0.127. The highest BCUT2D eigenvalue weighted by molar-refractivity contribution is 8.23. The van der Waals surface area contributed by atoms with E-state index in [1.54, 1.807) is 6.92 Å². The Balaban J connectivity index is 2.73. The molecule has 7 heteroatoms. The van der Waals surface area contributed by atoms with Crippen molar-refractivity contribution in [3.05, 3.63) is 0 Å². The third kappa shape index (κ3) is 6.03. The Morgan fingerprint density at radius 3 is 2.22 bits per heavy atom. The molecule has 0 radical (unpaired) electrons. The van der Waals surface area contributed by atoms with E-state index in [0.717, 1.165) is 6.42 Å². The van der Waals surface area contributed by atoms with E-state index in [2.05, 4.69) is 0 Å². The van der Waals surface area contributed by atoms with Crippen LogP contribution < -0.4 is 0 Å². The molecule has 0 saturated carbocycles. The Labute approximate surface area is 150 Å². The van der Waals surface area contributed by atoms with Crippen molar-refractivity contribution in [2.24, 2.45) is 5.92 Å². The zero-order chi connectivity index (χ0) is 17.8. The Kier molecular flexibility index (Phi) is 7.57. The maximum Gasteiger partial charge on any atom is 0.458 e. The topological polar surface area (TPSA) is 44.8 Å². The lowest BCUT2D eigenvalue weighted by atomic mass is 9.80. The largest absolute Gasteiger partial charge is 0.479 e. The first-order valence-corrected chi connectivity index (χ1v) is 9.46. The number of carbonyl (C=O) groups is 1. The van der Waals surface area contributed by atoms with Gasteiger partial charge in [0, 0.05) is 11.2 Å². The third-order valence-corrected chi connectivity index (χ3v) is 6.03. The van der Waals surface area contributed by atoms with Gasteiger partial charge in [0.05, 0.1) is 17.8 Å². The molecule has 0 spiro atoms. The number of hydrogen-bond acceptors (Lipinski definition) is 6. The molecule has 0 aromatic heterocycles. The molecule has 0 aliphatic carbocycles. The molecule has 1 saturated heterocycles. The van der Waals surface area contributed by atoms with Crippen LogP contribution in [0.1, 0.15) is 54.9 Å². The SMILES string of the molecule is CCOC(=S)SC(CB1OC(C)(C)C(C)(C)O1)CC(C)C(C)=O. The second-order valence-electron chi connectivity index (χ2n) is 7.09. The van der Waals surface area contributed by atoms with Gasteiger partial charge in [0.1, 0.15) is 5.78 Å². The van der Waals surface area contributed by atoms with Gasteiger partial charge in [-0.25, -0.2) is 0 Å². The smallest absolute Gasteiger partial charge is 0.458 e. The highest BCUT2D eigenvalue weighted by Crippen LogP contribution is 2.39. The molecule has 4 nitrogen and oxygen atoms in total. The molecule has 0 N–H and O–H groups in total. The van der Waals surface area contributed by atoms with Crippen LogP contribution in [0.4, 0.5) is 0 Å². The first kappa shape index (κ1) is 20.9. The minimum atomic E-state index is -0.348. The van der Waals surface area contributed by atoms with E-state index in [4.69, 9.17) is 26.3 Å². The fourth-order valence-corrected chi connectivity index (χ4v) is 3.94. The van der Waals surface area contributed by atoms with Gasteiger partial charge in [-0.15, -0.1) is 0 Å². The van der Waals surface area contributed by atoms with E-state index in [9.17, 15) is 4.79 Å². The van der Waals surface area contributed by atoms with Gasteiger partial charge >= 0.3 is 7.12 Å². The van der Waals surface area contributed by atoms with Crippen LogP contribution in [0.15, 0.2) is 0 Å². The summed E-state index contributed by atoms with van der Waals surface area (Å²) in [5.41, 5.74) is -0.695. The van der Waals surface area contributed by atoms with Crippen molar-refractivity contribution in [2.45, 2.75) is 77.7 Å². The highest BCUT2D eigenvalue weighted by atomic mass is 32.2. The number of rotatable bonds is 7. The number of hydrogen-bond donors (Lipinski definition) is 0. The van der Waals surface area contributed by atoms with Crippen LogP contribution in [-0.2, 0) is 18.8 Å². The molecule has 2 atom stereocenters. The lowest BCUT2D eigenvalue weighted by Gasteiger charge is -2.32. The fourth-order valence-electron chi connectivity index (χ4n) is 2.32. The van der Waals surface area contributed by atoms with Crippen LogP contribution in [0.3, 0.4) is 0 Å². The maximum absolute atomic E-state index is 11.6. The average Bonchev–Trinajstić information content (AvgIpc) is 2.56. The standard InChI is InChI=1S/C16H29BO4S2/c1-8-19-14(22)23-13(9-11(2)12(3)18)10-17-20-15(4,5)16(6,7)21-17/h11,13H,8-10H2,1-7H3. The molecular formula is C16H29BO4S2. The van der Waals surface area contributed by atoms with Gasteiger partial charge in [-0.1, -0.05) is 18.7 Å². The van der Waals surface area contributed by atoms with Gasteiger partial charge in [-0.05, 0) is 66.5 Å². The second-order valence-corrected chi connectivity index (χ2v) is 8.99. The van der Waals surface area contributed by atoms with Crippen molar-refractivity contribution in [1.82, 2.24) is 0 Å². The van der Waals surface area contributed by atoms with Gasteiger partial charge in [0.2, 0.25) is 4.38 Å². The molecule has 0 aromatic rings. The van der Waals surface area contributed by atoms with Gasteiger partial charge < -0.3 is 14.0 Å². The number of carbonyl (C=O) groups excluding carboxylic acids is 1. The predicted octanol–water partition coefficient (Wildman–Crippen LogP) is 4.12. The van der Waals surface area contributed by atoms with E-state index >= 15 is 0 Å². The van der Waals surface area contributed by atoms with Crippen molar-refractivity contribution >= 4 is 41.3 Å². The summed E-state index contributed by atoms with van der Waals surface area (Å²) in [6, 6.07) is 0. The first-order chi connectivity index (χ1) is 10.5. The van der Waals surface area contributed by atoms with Crippen molar-refractivity contribution in [1.29, 1.82) is 0 Å². The van der Waals surface area contributed by atoms with E-state index in [1.165, 1.54) is 11.8 Å². The van der Waals surface area contributed by atoms with Crippen molar-refractivity contribution in [3.8, 4) is 0 Å². The minimum Gasteiger partial charge on any atom is -0.479 e. The van der Waals surface area contributed by atoms with E-state index < -0.39 is 0 Å². The average molecular weight is 360 g/mol. The Morgan fingerprint density at radius 2 is 1.78 bits per heavy atom. The Hall–Kier alpha value is -0.105. The van der Waals surface area contributed by atoms with Crippen LogP contribution >= 0.6 is 24.0 Å². The quantitative estimate of drug-likeness (QED) is 0.503. The van der Waals surface area contributed by atoms with Crippen LogP contribution in [0, 0.1) is 5.92 Å². The number of Topliss-reactive ketones (excluding diaryl/α,β-unsaturated/α-hetero) is 1. The van der Waals surface area contributed by atoms with Crippen LogP contribution in [0.25, 0.3) is 0 Å². The van der Waals surface area contributed by atoms with Gasteiger partial charge in [-0.2, -0.15) is 0 Å². The number of thiocarbonyl (C=S) groups is 1. The number of ether oxygens (including phenoxy) is 1. The lowest BCUT2D eigenvalue weighted by Crippen LogP contribution is -2.41. The zero-order valence-electron chi connectivity index (χ0n) is 15.3. The second kappa shape index (κ2) is 8.32.